The van der Waals surface area contributed by atoms with Gasteiger partial charge in [-0.2, -0.15) is 0 Å². The van der Waals surface area contributed by atoms with Gasteiger partial charge in [0, 0.05) is 12.3 Å². The molecule has 1 atom stereocenters. The van der Waals surface area contributed by atoms with Crippen molar-refractivity contribution in [2.75, 3.05) is 0 Å². The van der Waals surface area contributed by atoms with E-state index in [0.717, 1.165) is 0 Å². The minimum Gasteiger partial charge on any atom is -0.348 e. The number of carbonyl (C=O) groups excluding carboxylic acids is 1. The average molecular weight is 266 g/mol. The van der Waals surface area contributed by atoms with Crippen LogP contribution in [0, 0.1) is 5.92 Å². The number of nitrogens with one attached hydrogen (secondary N) is 2. The van der Waals surface area contributed by atoms with Gasteiger partial charge in [-0.3, -0.25) is 9.59 Å². The number of aromatic nitrogens is 3. The lowest BCUT2D eigenvalue weighted by Gasteiger charge is -2.13. The molecule has 6 heteroatoms. The van der Waals surface area contributed by atoms with E-state index in [0.29, 0.717) is 12.2 Å². The second-order valence-corrected chi connectivity index (χ2v) is 5.47. The third-order valence-corrected chi connectivity index (χ3v) is 2.67. The van der Waals surface area contributed by atoms with Crippen molar-refractivity contribution >= 4 is 5.91 Å². The van der Waals surface area contributed by atoms with Crippen molar-refractivity contribution in [1.82, 2.24) is 20.5 Å². The second kappa shape index (κ2) is 6.45. The van der Waals surface area contributed by atoms with Crippen LogP contribution in [0.1, 0.15) is 64.5 Å². The Balaban J connectivity index is 2.80. The van der Waals surface area contributed by atoms with Gasteiger partial charge in [-0.1, -0.05) is 27.7 Å². The van der Waals surface area contributed by atoms with Gasteiger partial charge in [0.2, 0.25) is 5.91 Å². The van der Waals surface area contributed by atoms with Gasteiger partial charge in [0.25, 0.3) is 5.56 Å². The molecule has 6 nitrogen and oxygen atoms in total. The highest BCUT2D eigenvalue weighted by Crippen LogP contribution is 2.08. The lowest BCUT2D eigenvalue weighted by Crippen LogP contribution is -2.33. The Bertz CT molecular complexity index is 494. The van der Waals surface area contributed by atoms with Crippen molar-refractivity contribution in [2.45, 2.75) is 53.0 Å². The number of nitrogens with zero attached hydrogens (tertiary/aromatic N) is 2. The molecule has 0 bridgehead atoms. The van der Waals surface area contributed by atoms with Gasteiger partial charge in [-0.15, -0.1) is 10.2 Å². The van der Waals surface area contributed by atoms with Gasteiger partial charge < -0.3 is 10.3 Å². The highest BCUT2D eigenvalue weighted by Gasteiger charge is 2.16. The summed E-state index contributed by atoms with van der Waals surface area (Å²) >= 11 is 0. The maximum atomic E-state index is 11.9. The summed E-state index contributed by atoms with van der Waals surface area (Å²) in [6.07, 6.45) is 0.430. The van der Waals surface area contributed by atoms with Crippen molar-refractivity contribution in [2.24, 2.45) is 5.92 Å². The molecule has 0 spiro atoms. The molecule has 0 aliphatic carbocycles. The van der Waals surface area contributed by atoms with Crippen LogP contribution in [0.3, 0.4) is 0 Å². The predicted molar refractivity (Wildman–Crippen MR) is 72.8 cm³/mol. The number of hydrogen-bond donors (Lipinski definition) is 2. The maximum Gasteiger partial charge on any atom is 0.275 e. The second-order valence-electron chi connectivity index (χ2n) is 5.47. The smallest absolute Gasteiger partial charge is 0.275 e. The number of carbonyl (C=O) groups is 1. The highest BCUT2D eigenvalue weighted by atomic mass is 16.2. The third-order valence-electron chi connectivity index (χ3n) is 2.67. The van der Waals surface area contributed by atoms with E-state index >= 15 is 0 Å². The van der Waals surface area contributed by atoms with Crippen molar-refractivity contribution in [3.8, 4) is 0 Å². The minimum atomic E-state index is -0.441. The van der Waals surface area contributed by atoms with E-state index in [-0.39, 0.29) is 29.0 Å². The van der Waals surface area contributed by atoms with Crippen molar-refractivity contribution in [1.29, 1.82) is 0 Å². The molecule has 1 amide bonds. The van der Waals surface area contributed by atoms with Gasteiger partial charge >= 0.3 is 0 Å². The molecule has 1 heterocycles. The van der Waals surface area contributed by atoms with Gasteiger partial charge in [0.15, 0.2) is 0 Å². The van der Waals surface area contributed by atoms with Crippen LogP contribution in [0.4, 0.5) is 0 Å². The van der Waals surface area contributed by atoms with E-state index in [1.54, 1.807) is 6.92 Å². The lowest BCUT2D eigenvalue weighted by molar-refractivity contribution is -0.122. The number of amides is 1. The molecule has 1 aromatic rings. The monoisotopic (exact) mass is 266 g/mol. The van der Waals surface area contributed by atoms with Crippen LogP contribution in [-0.4, -0.2) is 21.1 Å². The average Bonchev–Trinajstić information content (AvgIpc) is 2.26. The first kappa shape index (κ1) is 15.3. The molecule has 19 heavy (non-hydrogen) atoms. The van der Waals surface area contributed by atoms with Crippen LogP contribution in [0.15, 0.2) is 4.79 Å². The highest BCUT2D eigenvalue weighted by molar-refractivity contribution is 5.76. The molecule has 2 N–H and O–H groups in total. The standard InChI is InChI=1S/C13H22N4O2/c1-7(2)6-10(18)14-9(5)11-13(19)15-12(8(3)4)17-16-11/h7-9H,6H2,1-5H3,(H,14,18)(H,15,17,19). The molecule has 0 aromatic carbocycles. The lowest BCUT2D eigenvalue weighted by atomic mass is 10.1. The number of aromatic amines is 1. The summed E-state index contributed by atoms with van der Waals surface area (Å²) in [5, 5.41) is 10.7. The fraction of sp³-hybridized carbons (Fsp3) is 0.692. The molecule has 0 aliphatic heterocycles. The molecular weight excluding hydrogens is 244 g/mol. The summed E-state index contributed by atoms with van der Waals surface area (Å²) < 4.78 is 0. The van der Waals surface area contributed by atoms with Gasteiger partial charge in [0.05, 0.1) is 6.04 Å². The molecule has 1 aromatic heterocycles. The normalized spacial score (nSPS) is 12.8. The van der Waals surface area contributed by atoms with Crippen LogP contribution in [0.25, 0.3) is 0 Å². The van der Waals surface area contributed by atoms with Crippen molar-refractivity contribution in [3.05, 3.63) is 21.9 Å². The van der Waals surface area contributed by atoms with E-state index < -0.39 is 6.04 Å². The maximum absolute atomic E-state index is 11.9. The summed E-state index contributed by atoms with van der Waals surface area (Å²) in [5.74, 6) is 0.853. The molecule has 0 fully saturated rings. The third kappa shape index (κ3) is 4.46. The summed E-state index contributed by atoms with van der Waals surface area (Å²) in [6, 6.07) is -0.441. The Labute approximate surface area is 113 Å². The predicted octanol–water partition coefficient (Wildman–Crippen LogP) is 1.51. The van der Waals surface area contributed by atoms with Crippen molar-refractivity contribution < 1.29 is 4.79 Å². The fourth-order valence-electron chi connectivity index (χ4n) is 1.64. The molecule has 1 unspecified atom stereocenters. The molecule has 0 saturated heterocycles. The van der Waals surface area contributed by atoms with Crippen LogP contribution in [0.2, 0.25) is 0 Å². The first-order chi connectivity index (χ1) is 8.81. The zero-order valence-corrected chi connectivity index (χ0v) is 12.2. The van der Waals surface area contributed by atoms with Crippen LogP contribution in [-0.2, 0) is 4.79 Å². The zero-order valence-electron chi connectivity index (χ0n) is 12.2. The summed E-state index contributed by atoms with van der Waals surface area (Å²) in [4.78, 5) is 26.2. The van der Waals surface area contributed by atoms with E-state index in [1.165, 1.54) is 0 Å². The van der Waals surface area contributed by atoms with Crippen LogP contribution < -0.4 is 10.9 Å². The van der Waals surface area contributed by atoms with Gasteiger partial charge in [-0.05, 0) is 12.8 Å². The van der Waals surface area contributed by atoms with E-state index in [1.807, 2.05) is 27.7 Å². The summed E-state index contributed by atoms with van der Waals surface area (Å²) in [7, 11) is 0. The summed E-state index contributed by atoms with van der Waals surface area (Å²) in [5.41, 5.74) is -0.0578. The Morgan fingerprint density at radius 1 is 1.21 bits per heavy atom. The Kier molecular flexibility index (Phi) is 5.20. The minimum absolute atomic E-state index is 0.0864. The molecule has 0 radical (unpaired) electrons. The quantitative estimate of drug-likeness (QED) is 0.845. The molecule has 0 aliphatic rings. The van der Waals surface area contributed by atoms with E-state index in [9.17, 15) is 9.59 Å². The molecule has 1 rings (SSSR count). The largest absolute Gasteiger partial charge is 0.348 e. The van der Waals surface area contributed by atoms with Gasteiger partial charge in [0.1, 0.15) is 11.5 Å². The van der Waals surface area contributed by atoms with Crippen LogP contribution in [0.5, 0.6) is 0 Å². The first-order valence-electron chi connectivity index (χ1n) is 6.57. The molecule has 106 valence electrons. The zero-order chi connectivity index (χ0) is 14.6. The van der Waals surface area contributed by atoms with Crippen LogP contribution >= 0.6 is 0 Å². The molecule has 0 saturated carbocycles. The number of rotatable bonds is 5. The SMILES string of the molecule is CC(C)CC(=O)NC(C)c1nnc(C(C)C)[nH]c1=O. The Hall–Kier alpha value is -1.72. The van der Waals surface area contributed by atoms with Gasteiger partial charge in [-0.25, -0.2) is 0 Å². The number of H-pyrrole nitrogens is 1. The fourth-order valence-corrected chi connectivity index (χ4v) is 1.64. The van der Waals surface area contributed by atoms with E-state index in [2.05, 4.69) is 20.5 Å². The molecular formula is C13H22N4O2. The topological polar surface area (TPSA) is 87.7 Å². The van der Waals surface area contributed by atoms with Crippen molar-refractivity contribution in [3.63, 3.8) is 0 Å². The number of hydrogen-bond acceptors (Lipinski definition) is 4. The first-order valence-corrected chi connectivity index (χ1v) is 6.57. The van der Waals surface area contributed by atoms with E-state index in [4.69, 9.17) is 0 Å². The Morgan fingerprint density at radius 2 is 1.84 bits per heavy atom. The summed E-state index contributed by atoms with van der Waals surface area (Å²) in [6.45, 7) is 9.51. The Morgan fingerprint density at radius 3 is 2.32 bits per heavy atom.